The van der Waals surface area contributed by atoms with Gasteiger partial charge in [0, 0.05) is 12.1 Å². The third-order valence-corrected chi connectivity index (χ3v) is 6.47. The van der Waals surface area contributed by atoms with E-state index in [1.807, 2.05) is 0 Å². The van der Waals surface area contributed by atoms with Crippen molar-refractivity contribution in [2.45, 2.75) is 44.1 Å². The van der Waals surface area contributed by atoms with Crippen molar-refractivity contribution in [3.05, 3.63) is 28.3 Å². The lowest BCUT2D eigenvalue weighted by Gasteiger charge is -2.58. The fraction of sp³-hybridized carbons (Fsp3) is 0.600. The van der Waals surface area contributed by atoms with Crippen LogP contribution in [0.5, 0.6) is 5.75 Å². The number of ether oxygens (including phenoxy) is 2. The standard InChI is InChI=1S/C20H24N2O7/c1-28-16-3-2-14(22(26)27)5-15(16)21-17(23)10-29-18(24)19-6-12-4-13(7-19)9-20(25,8-12)11-19/h2-3,5,12-13,25H,4,6-11H2,1H3,(H,21,23). The summed E-state index contributed by atoms with van der Waals surface area (Å²) >= 11 is 0. The maximum atomic E-state index is 12.8. The number of nitrogens with one attached hydrogen (secondary N) is 1. The van der Waals surface area contributed by atoms with Crippen LogP contribution in [0.4, 0.5) is 11.4 Å². The van der Waals surface area contributed by atoms with Crippen molar-refractivity contribution in [2.24, 2.45) is 17.3 Å². The van der Waals surface area contributed by atoms with Crippen LogP contribution in [0, 0.1) is 27.4 Å². The first-order valence-electron chi connectivity index (χ1n) is 9.74. The highest BCUT2D eigenvalue weighted by molar-refractivity contribution is 5.95. The zero-order chi connectivity index (χ0) is 20.8. The minimum atomic E-state index is -0.790. The topological polar surface area (TPSA) is 128 Å². The molecule has 1 aromatic carbocycles. The summed E-state index contributed by atoms with van der Waals surface area (Å²) in [5, 5.41) is 24.2. The van der Waals surface area contributed by atoms with Crippen LogP contribution in [-0.2, 0) is 14.3 Å². The predicted octanol–water partition coefficient (Wildman–Crippen LogP) is 2.42. The van der Waals surface area contributed by atoms with Gasteiger partial charge >= 0.3 is 5.97 Å². The van der Waals surface area contributed by atoms with Gasteiger partial charge in [-0.2, -0.15) is 0 Å². The number of methoxy groups -OCH3 is 1. The van der Waals surface area contributed by atoms with Crippen molar-refractivity contribution in [3.63, 3.8) is 0 Å². The molecular formula is C20H24N2O7. The van der Waals surface area contributed by atoms with Crippen LogP contribution in [-0.4, -0.2) is 41.2 Å². The Balaban J connectivity index is 1.40. The lowest BCUT2D eigenvalue weighted by Crippen LogP contribution is -2.58. The van der Waals surface area contributed by atoms with Crippen LogP contribution in [0.25, 0.3) is 0 Å². The molecule has 4 aliphatic rings. The number of aliphatic hydroxyl groups is 1. The smallest absolute Gasteiger partial charge is 0.312 e. The number of hydrogen-bond donors (Lipinski definition) is 2. The Labute approximate surface area is 167 Å². The third-order valence-electron chi connectivity index (χ3n) is 6.47. The number of amides is 1. The average molecular weight is 404 g/mol. The number of hydrogen-bond acceptors (Lipinski definition) is 7. The normalized spacial score (nSPS) is 31.9. The Kier molecular flexibility index (Phi) is 4.72. The highest BCUT2D eigenvalue weighted by Crippen LogP contribution is 2.61. The van der Waals surface area contributed by atoms with Gasteiger partial charge in [-0.3, -0.25) is 19.7 Å². The second kappa shape index (κ2) is 6.98. The van der Waals surface area contributed by atoms with Crippen molar-refractivity contribution >= 4 is 23.3 Å². The van der Waals surface area contributed by atoms with Gasteiger partial charge in [0.2, 0.25) is 0 Å². The highest BCUT2D eigenvalue weighted by atomic mass is 16.6. The van der Waals surface area contributed by atoms with Gasteiger partial charge in [-0.15, -0.1) is 0 Å². The SMILES string of the molecule is COc1ccc([N+](=O)[O-])cc1NC(=O)COC(=O)C12CC3CC(CC(O)(C3)C1)C2. The van der Waals surface area contributed by atoms with E-state index in [1.165, 1.54) is 25.3 Å². The number of anilines is 1. The van der Waals surface area contributed by atoms with E-state index in [2.05, 4.69) is 5.32 Å². The summed E-state index contributed by atoms with van der Waals surface area (Å²) in [6.45, 7) is -0.500. The molecule has 9 heteroatoms. The molecule has 0 heterocycles. The maximum Gasteiger partial charge on any atom is 0.312 e. The predicted molar refractivity (Wildman–Crippen MR) is 101 cm³/mol. The first-order chi connectivity index (χ1) is 13.7. The fourth-order valence-corrected chi connectivity index (χ4v) is 5.83. The number of benzene rings is 1. The lowest BCUT2D eigenvalue weighted by molar-refractivity contribution is -0.384. The van der Waals surface area contributed by atoms with Crippen LogP contribution in [0.1, 0.15) is 38.5 Å². The Hall–Kier alpha value is -2.68. The maximum absolute atomic E-state index is 12.8. The molecule has 5 rings (SSSR count). The molecule has 9 nitrogen and oxygen atoms in total. The molecule has 0 spiro atoms. The van der Waals surface area contributed by atoms with Crippen molar-refractivity contribution in [2.75, 3.05) is 19.0 Å². The van der Waals surface area contributed by atoms with E-state index in [0.29, 0.717) is 31.1 Å². The van der Waals surface area contributed by atoms with E-state index in [9.17, 15) is 24.8 Å². The van der Waals surface area contributed by atoms with Crippen LogP contribution in [0.3, 0.4) is 0 Å². The molecule has 0 aliphatic heterocycles. The second-order valence-corrected chi connectivity index (χ2v) is 8.73. The molecular weight excluding hydrogens is 380 g/mol. The second-order valence-electron chi connectivity index (χ2n) is 8.73. The molecule has 4 aliphatic carbocycles. The summed E-state index contributed by atoms with van der Waals surface area (Å²) in [4.78, 5) is 35.5. The number of nitrogens with zero attached hydrogens (tertiary/aromatic N) is 1. The molecule has 2 atom stereocenters. The number of esters is 1. The summed E-state index contributed by atoms with van der Waals surface area (Å²) < 4.78 is 10.4. The largest absolute Gasteiger partial charge is 0.495 e. The molecule has 0 saturated heterocycles. The molecule has 4 saturated carbocycles. The molecule has 4 bridgehead atoms. The van der Waals surface area contributed by atoms with Crippen LogP contribution in [0.2, 0.25) is 0 Å². The monoisotopic (exact) mass is 404 g/mol. The summed E-state index contributed by atoms with van der Waals surface area (Å²) in [6, 6.07) is 3.84. The zero-order valence-corrected chi connectivity index (χ0v) is 16.2. The number of nitro groups is 1. The number of carbonyl (C=O) groups is 2. The van der Waals surface area contributed by atoms with E-state index in [1.54, 1.807) is 0 Å². The van der Waals surface area contributed by atoms with Gasteiger partial charge in [-0.05, 0) is 56.4 Å². The molecule has 1 amide bonds. The minimum Gasteiger partial charge on any atom is -0.495 e. The van der Waals surface area contributed by atoms with Crippen LogP contribution >= 0.6 is 0 Å². The molecule has 29 heavy (non-hydrogen) atoms. The third kappa shape index (κ3) is 3.66. The number of nitro benzene ring substituents is 1. The van der Waals surface area contributed by atoms with Crippen LogP contribution < -0.4 is 10.1 Å². The summed E-state index contributed by atoms with van der Waals surface area (Å²) in [7, 11) is 1.38. The number of non-ortho nitro benzene ring substituents is 1. The van der Waals surface area contributed by atoms with Crippen molar-refractivity contribution in [1.29, 1.82) is 0 Å². The highest BCUT2D eigenvalue weighted by Gasteiger charge is 2.60. The van der Waals surface area contributed by atoms with Gasteiger partial charge in [-0.25, -0.2) is 0 Å². The summed E-state index contributed by atoms with van der Waals surface area (Å²) in [5.41, 5.74) is -1.56. The van der Waals surface area contributed by atoms with E-state index in [0.717, 1.165) is 19.3 Å². The minimum absolute atomic E-state index is 0.131. The lowest BCUT2D eigenvalue weighted by atomic mass is 9.48. The van der Waals surface area contributed by atoms with Gasteiger partial charge in [0.15, 0.2) is 6.61 Å². The summed E-state index contributed by atoms with van der Waals surface area (Å²) in [5.74, 6) is -0.126. The molecule has 0 aromatic heterocycles. The van der Waals surface area contributed by atoms with E-state index >= 15 is 0 Å². The Morgan fingerprint density at radius 2 is 1.97 bits per heavy atom. The summed E-state index contributed by atoms with van der Waals surface area (Å²) in [6.07, 6.45) is 4.32. The number of rotatable bonds is 6. The first kappa shape index (κ1) is 19.6. The molecule has 2 N–H and O–H groups in total. The van der Waals surface area contributed by atoms with E-state index < -0.39 is 34.4 Å². The Morgan fingerprint density at radius 1 is 1.28 bits per heavy atom. The van der Waals surface area contributed by atoms with E-state index in [-0.39, 0.29) is 17.1 Å². The van der Waals surface area contributed by atoms with Crippen molar-refractivity contribution in [3.8, 4) is 5.75 Å². The van der Waals surface area contributed by atoms with Crippen molar-refractivity contribution in [1.82, 2.24) is 0 Å². The molecule has 0 radical (unpaired) electrons. The Morgan fingerprint density at radius 3 is 2.55 bits per heavy atom. The van der Waals surface area contributed by atoms with Gasteiger partial charge in [-0.1, -0.05) is 0 Å². The van der Waals surface area contributed by atoms with Gasteiger partial charge < -0.3 is 19.9 Å². The van der Waals surface area contributed by atoms with Gasteiger partial charge in [0.1, 0.15) is 5.75 Å². The Bertz CT molecular complexity index is 854. The zero-order valence-electron chi connectivity index (χ0n) is 16.2. The first-order valence-corrected chi connectivity index (χ1v) is 9.74. The molecule has 4 fully saturated rings. The molecule has 1 aromatic rings. The molecule has 156 valence electrons. The van der Waals surface area contributed by atoms with Gasteiger partial charge in [0.05, 0.1) is 28.7 Å². The average Bonchev–Trinajstić information content (AvgIpc) is 2.64. The van der Waals surface area contributed by atoms with Crippen LogP contribution in [0.15, 0.2) is 18.2 Å². The fourth-order valence-electron chi connectivity index (χ4n) is 5.83. The van der Waals surface area contributed by atoms with E-state index in [4.69, 9.17) is 9.47 Å². The quantitative estimate of drug-likeness (QED) is 0.423. The number of carbonyl (C=O) groups excluding carboxylic acids is 2. The van der Waals surface area contributed by atoms with Gasteiger partial charge in [0.25, 0.3) is 11.6 Å². The van der Waals surface area contributed by atoms with Crippen molar-refractivity contribution < 1.29 is 29.1 Å². The molecule has 2 unspecified atom stereocenters.